The molecule has 26 heavy (non-hydrogen) atoms. The van der Waals surface area contributed by atoms with Crippen molar-refractivity contribution in [2.75, 3.05) is 0 Å². The van der Waals surface area contributed by atoms with Gasteiger partial charge in [-0.15, -0.1) is 11.3 Å². The van der Waals surface area contributed by atoms with Gasteiger partial charge < -0.3 is 11.1 Å². The Morgan fingerprint density at radius 3 is 2.73 bits per heavy atom. The molecule has 0 aromatic carbocycles. The molecule has 6 heteroatoms. The maximum Gasteiger partial charge on any atom is 0.262 e. The van der Waals surface area contributed by atoms with Crippen LogP contribution in [-0.4, -0.2) is 22.8 Å². The zero-order valence-corrected chi connectivity index (χ0v) is 15.8. The van der Waals surface area contributed by atoms with Gasteiger partial charge in [0.15, 0.2) is 0 Å². The van der Waals surface area contributed by atoms with Crippen molar-refractivity contribution in [3.05, 3.63) is 40.9 Å². The lowest BCUT2D eigenvalue weighted by atomic mass is 9.84. The molecule has 1 fully saturated rings. The maximum atomic E-state index is 12.7. The summed E-state index contributed by atoms with van der Waals surface area (Å²) in [7, 11) is 0. The zero-order chi connectivity index (χ0) is 18.5. The summed E-state index contributed by atoms with van der Waals surface area (Å²) < 4.78 is 0. The van der Waals surface area contributed by atoms with Crippen molar-refractivity contribution < 1.29 is 9.59 Å². The second-order valence-corrected chi connectivity index (χ2v) is 8.06. The van der Waals surface area contributed by atoms with Gasteiger partial charge in [-0.05, 0) is 43.0 Å². The van der Waals surface area contributed by atoms with Crippen molar-refractivity contribution in [1.82, 2.24) is 10.3 Å². The normalized spacial score (nSPS) is 16.2. The molecular weight excluding hydrogens is 346 g/mol. The first-order chi connectivity index (χ1) is 12.5. The van der Waals surface area contributed by atoms with E-state index in [9.17, 15) is 9.59 Å². The van der Waals surface area contributed by atoms with E-state index in [1.165, 1.54) is 30.6 Å². The van der Waals surface area contributed by atoms with Gasteiger partial charge in [0.05, 0.1) is 15.4 Å². The molecular formula is C20H25N3O2S. The summed E-state index contributed by atoms with van der Waals surface area (Å²) in [4.78, 5) is 30.5. The minimum Gasteiger partial charge on any atom is -0.368 e. The molecule has 2 aromatic heterocycles. The lowest BCUT2D eigenvalue weighted by Gasteiger charge is -2.25. The van der Waals surface area contributed by atoms with Crippen LogP contribution in [0.5, 0.6) is 0 Å². The fourth-order valence-corrected chi connectivity index (χ4v) is 4.62. The van der Waals surface area contributed by atoms with Crippen LogP contribution in [0, 0.1) is 12.8 Å². The Kier molecular flexibility index (Phi) is 6.04. The van der Waals surface area contributed by atoms with E-state index in [2.05, 4.69) is 10.3 Å². The third-order valence-electron chi connectivity index (χ3n) is 4.98. The Hall–Kier alpha value is -2.21. The molecule has 138 valence electrons. The van der Waals surface area contributed by atoms with Gasteiger partial charge in [0.2, 0.25) is 5.91 Å². The van der Waals surface area contributed by atoms with Crippen LogP contribution in [-0.2, 0) is 4.79 Å². The van der Waals surface area contributed by atoms with Gasteiger partial charge in [-0.25, -0.2) is 0 Å². The maximum absolute atomic E-state index is 12.7. The van der Waals surface area contributed by atoms with E-state index in [0.717, 1.165) is 29.0 Å². The number of rotatable bonds is 6. The summed E-state index contributed by atoms with van der Waals surface area (Å²) in [5.41, 5.74) is 7.28. The van der Waals surface area contributed by atoms with Crippen molar-refractivity contribution in [3.8, 4) is 10.6 Å². The molecule has 3 N–H and O–H groups in total. The molecule has 0 radical (unpaired) electrons. The summed E-state index contributed by atoms with van der Waals surface area (Å²) in [6, 6.07) is 7.06. The van der Waals surface area contributed by atoms with E-state index in [1.807, 2.05) is 31.2 Å². The highest BCUT2D eigenvalue weighted by Crippen LogP contribution is 2.31. The Morgan fingerprint density at radius 2 is 2.08 bits per heavy atom. The van der Waals surface area contributed by atoms with E-state index in [-0.39, 0.29) is 5.91 Å². The highest BCUT2D eigenvalue weighted by molar-refractivity contribution is 7.17. The smallest absolute Gasteiger partial charge is 0.262 e. The Labute approximate surface area is 158 Å². The van der Waals surface area contributed by atoms with Crippen molar-refractivity contribution in [1.29, 1.82) is 0 Å². The van der Waals surface area contributed by atoms with Gasteiger partial charge in [0, 0.05) is 6.20 Å². The van der Waals surface area contributed by atoms with E-state index < -0.39 is 11.9 Å². The number of carbonyl (C=O) groups excluding carboxylic acids is 2. The van der Waals surface area contributed by atoms with Crippen LogP contribution in [0.15, 0.2) is 30.5 Å². The third-order valence-corrected chi connectivity index (χ3v) is 6.24. The molecule has 0 spiro atoms. The van der Waals surface area contributed by atoms with Crippen LogP contribution >= 0.6 is 11.3 Å². The molecule has 1 saturated carbocycles. The highest BCUT2D eigenvalue weighted by Gasteiger charge is 2.26. The second kappa shape index (κ2) is 8.45. The van der Waals surface area contributed by atoms with Crippen molar-refractivity contribution >= 4 is 23.2 Å². The molecule has 0 bridgehead atoms. The summed E-state index contributed by atoms with van der Waals surface area (Å²) >= 11 is 1.39. The molecule has 2 amide bonds. The number of hydrogen-bond donors (Lipinski definition) is 2. The fraction of sp³-hybridized carbons (Fsp3) is 0.450. The minimum absolute atomic E-state index is 0.228. The lowest BCUT2D eigenvalue weighted by molar-refractivity contribution is -0.120. The van der Waals surface area contributed by atoms with Gasteiger partial charge in [0.1, 0.15) is 6.04 Å². The number of amides is 2. The molecule has 1 aliphatic rings. The molecule has 0 unspecified atom stereocenters. The fourth-order valence-electron chi connectivity index (χ4n) is 3.57. The average Bonchev–Trinajstić information content (AvgIpc) is 3.04. The number of carbonyl (C=O) groups is 2. The van der Waals surface area contributed by atoms with E-state index in [0.29, 0.717) is 17.2 Å². The topological polar surface area (TPSA) is 85.1 Å². The Balaban J connectivity index is 1.71. The number of pyridine rings is 1. The minimum atomic E-state index is -0.606. The monoisotopic (exact) mass is 371 g/mol. The number of nitrogens with zero attached hydrogens (tertiary/aromatic N) is 1. The zero-order valence-electron chi connectivity index (χ0n) is 15.0. The van der Waals surface area contributed by atoms with Crippen LogP contribution in [0.4, 0.5) is 0 Å². The van der Waals surface area contributed by atoms with Gasteiger partial charge in [-0.2, -0.15) is 0 Å². The predicted molar refractivity (Wildman–Crippen MR) is 104 cm³/mol. The molecule has 2 aromatic rings. The van der Waals surface area contributed by atoms with Crippen molar-refractivity contribution in [3.63, 3.8) is 0 Å². The summed E-state index contributed by atoms with van der Waals surface area (Å²) in [6.45, 7) is 1.90. The average molecular weight is 372 g/mol. The molecule has 3 rings (SSSR count). The van der Waals surface area contributed by atoms with Gasteiger partial charge in [-0.3, -0.25) is 14.6 Å². The van der Waals surface area contributed by atoms with Crippen LogP contribution in [0.2, 0.25) is 0 Å². The Bertz CT molecular complexity index is 767. The van der Waals surface area contributed by atoms with Gasteiger partial charge in [-0.1, -0.05) is 38.2 Å². The first-order valence-corrected chi connectivity index (χ1v) is 9.98. The lowest BCUT2D eigenvalue weighted by Crippen LogP contribution is -2.45. The van der Waals surface area contributed by atoms with E-state index >= 15 is 0 Å². The number of nitrogens with one attached hydrogen (secondary N) is 1. The number of aryl methyl sites for hydroxylation is 1. The molecule has 1 atom stereocenters. The third kappa shape index (κ3) is 4.49. The Morgan fingerprint density at radius 1 is 1.31 bits per heavy atom. The highest BCUT2D eigenvalue weighted by atomic mass is 32.1. The predicted octanol–water partition coefficient (Wildman–Crippen LogP) is 3.67. The van der Waals surface area contributed by atoms with Crippen molar-refractivity contribution in [2.45, 2.75) is 51.5 Å². The molecule has 5 nitrogen and oxygen atoms in total. The standard InChI is InChI=1S/C20H25N3O2S/c1-13-11-17(15-9-5-6-10-22-15)26-18(13)20(25)23-16(19(21)24)12-14-7-3-2-4-8-14/h5-6,9-11,14,16H,2-4,7-8,12H2,1H3,(H2,21,24)(H,23,25)/t16-/m0/s1. The molecule has 0 aliphatic heterocycles. The van der Waals surface area contributed by atoms with Crippen molar-refractivity contribution in [2.24, 2.45) is 11.7 Å². The number of aromatic nitrogens is 1. The van der Waals surface area contributed by atoms with E-state index in [1.54, 1.807) is 6.20 Å². The second-order valence-electron chi connectivity index (χ2n) is 7.01. The van der Waals surface area contributed by atoms with E-state index in [4.69, 9.17) is 5.73 Å². The van der Waals surface area contributed by atoms with Gasteiger partial charge >= 0.3 is 0 Å². The SMILES string of the molecule is Cc1cc(-c2ccccn2)sc1C(=O)N[C@@H](CC1CCCCC1)C(N)=O. The first kappa shape index (κ1) is 18.6. The number of hydrogen-bond acceptors (Lipinski definition) is 4. The van der Waals surface area contributed by atoms with Crippen LogP contribution < -0.4 is 11.1 Å². The number of thiophene rings is 1. The molecule has 0 saturated heterocycles. The quantitative estimate of drug-likeness (QED) is 0.812. The number of nitrogens with two attached hydrogens (primary N) is 1. The van der Waals surface area contributed by atoms with Crippen LogP contribution in [0.3, 0.4) is 0 Å². The van der Waals surface area contributed by atoms with Gasteiger partial charge in [0.25, 0.3) is 5.91 Å². The summed E-state index contributed by atoms with van der Waals surface area (Å²) in [5, 5.41) is 2.86. The number of primary amides is 1. The van der Waals surface area contributed by atoms with Crippen LogP contribution in [0.25, 0.3) is 10.6 Å². The van der Waals surface area contributed by atoms with Crippen LogP contribution in [0.1, 0.15) is 53.8 Å². The largest absolute Gasteiger partial charge is 0.368 e. The summed E-state index contributed by atoms with van der Waals surface area (Å²) in [5.74, 6) is -0.215. The first-order valence-electron chi connectivity index (χ1n) is 9.16. The molecule has 2 heterocycles. The summed E-state index contributed by atoms with van der Waals surface area (Å²) in [6.07, 6.45) is 8.25. The molecule has 1 aliphatic carbocycles.